The van der Waals surface area contributed by atoms with Crippen molar-refractivity contribution < 1.29 is 9.90 Å². The first-order valence-corrected chi connectivity index (χ1v) is 6.15. The fourth-order valence-corrected chi connectivity index (χ4v) is 1.55. The van der Waals surface area contributed by atoms with Crippen LogP contribution in [0.2, 0.25) is 0 Å². The van der Waals surface area contributed by atoms with Crippen molar-refractivity contribution in [3.05, 3.63) is 29.8 Å². The number of carbonyl (C=O) groups excluding carboxylic acids is 1. The van der Waals surface area contributed by atoms with Crippen LogP contribution in [0.1, 0.15) is 19.4 Å². The smallest absolute Gasteiger partial charge is 0.224 e. The average molecular weight is 253 g/mol. The van der Waals surface area contributed by atoms with Crippen LogP contribution >= 0.6 is 12.6 Å². The first-order chi connectivity index (χ1) is 8.02. The molecule has 17 heavy (non-hydrogen) atoms. The fourth-order valence-electron chi connectivity index (χ4n) is 1.40. The Kier molecular flexibility index (Phi) is 5.51. The molecule has 0 aliphatic rings. The maximum absolute atomic E-state index is 11.7. The van der Waals surface area contributed by atoms with E-state index in [1.807, 2.05) is 38.1 Å². The Morgan fingerprint density at radius 1 is 1.35 bits per heavy atom. The van der Waals surface area contributed by atoms with Crippen molar-refractivity contribution in [2.45, 2.75) is 31.2 Å². The minimum Gasteiger partial charge on any atom is -0.396 e. The topological polar surface area (TPSA) is 49.3 Å². The summed E-state index contributed by atoms with van der Waals surface area (Å²) < 4.78 is 0. The Hall–Kier alpha value is -1.00. The highest BCUT2D eigenvalue weighted by Gasteiger charge is 2.13. The second kappa shape index (κ2) is 6.67. The first-order valence-electron chi connectivity index (χ1n) is 5.71. The number of rotatable bonds is 5. The van der Waals surface area contributed by atoms with Gasteiger partial charge in [0.15, 0.2) is 0 Å². The Balaban J connectivity index is 2.47. The van der Waals surface area contributed by atoms with Gasteiger partial charge < -0.3 is 10.4 Å². The zero-order chi connectivity index (χ0) is 12.8. The normalized spacial score (nSPS) is 14.1. The summed E-state index contributed by atoms with van der Waals surface area (Å²) in [5, 5.41) is 11.9. The van der Waals surface area contributed by atoms with E-state index in [9.17, 15) is 4.79 Å². The van der Waals surface area contributed by atoms with Crippen molar-refractivity contribution in [3.63, 3.8) is 0 Å². The van der Waals surface area contributed by atoms with Crippen molar-refractivity contribution in [3.8, 4) is 0 Å². The van der Waals surface area contributed by atoms with Crippen LogP contribution in [0.15, 0.2) is 29.2 Å². The van der Waals surface area contributed by atoms with E-state index >= 15 is 0 Å². The molecular formula is C13H19NO2S. The van der Waals surface area contributed by atoms with Crippen LogP contribution in [0.25, 0.3) is 0 Å². The fraction of sp³-hybridized carbons (Fsp3) is 0.462. The van der Waals surface area contributed by atoms with Gasteiger partial charge in [0.1, 0.15) is 0 Å². The summed E-state index contributed by atoms with van der Waals surface area (Å²) in [6, 6.07) is 7.50. The summed E-state index contributed by atoms with van der Waals surface area (Å²) in [4.78, 5) is 12.6. The lowest BCUT2D eigenvalue weighted by molar-refractivity contribution is -0.121. The molecule has 0 radical (unpaired) electrons. The first kappa shape index (κ1) is 14.1. The minimum absolute atomic E-state index is 0.0170. The lowest BCUT2D eigenvalue weighted by atomic mass is 10.0. The molecule has 2 unspecified atom stereocenters. The monoisotopic (exact) mass is 253 g/mol. The molecule has 4 heteroatoms. The van der Waals surface area contributed by atoms with Gasteiger partial charge in [0, 0.05) is 17.5 Å². The minimum atomic E-state index is -0.0234. The van der Waals surface area contributed by atoms with Gasteiger partial charge in [0.25, 0.3) is 0 Å². The number of benzene rings is 1. The lowest BCUT2D eigenvalue weighted by Gasteiger charge is -2.19. The molecule has 0 fully saturated rings. The van der Waals surface area contributed by atoms with E-state index in [1.165, 1.54) is 0 Å². The van der Waals surface area contributed by atoms with Crippen molar-refractivity contribution in [2.75, 3.05) is 6.61 Å². The highest BCUT2D eigenvalue weighted by molar-refractivity contribution is 7.80. The molecular weight excluding hydrogens is 234 g/mol. The summed E-state index contributed by atoms with van der Waals surface area (Å²) in [7, 11) is 0. The second-order valence-electron chi connectivity index (χ2n) is 4.36. The van der Waals surface area contributed by atoms with Crippen molar-refractivity contribution in [2.24, 2.45) is 5.92 Å². The molecule has 2 atom stereocenters. The Morgan fingerprint density at radius 3 is 2.47 bits per heavy atom. The number of hydrogen-bond donors (Lipinski definition) is 3. The van der Waals surface area contributed by atoms with Crippen LogP contribution in [-0.4, -0.2) is 23.7 Å². The van der Waals surface area contributed by atoms with E-state index in [0.717, 1.165) is 10.5 Å². The van der Waals surface area contributed by atoms with Crippen LogP contribution < -0.4 is 5.32 Å². The number of hydrogen-bond acceptors (Lipinski definition) is 3. The van der Waals surface area contributed by atoms with E-state index in [1.54, 1.807) is 0 Å². The molecule has 0 aliphatic carbocycles. The van der Waals surface area contributed by atoms with Crippen molar-refractivity contribution in [1.29, 1.82) is 0 Å². The molecule has 94 valence electrons. The molecule has 1 aromatic carbocycles. The van der Waals surface area contributed by atoms with Gasteiger partial charge in [-0.1, -0.05) is 19.1 Å². The Labute approximate surface area is 108 Å². The van der Waals surface area contributed by atoms with Crippen LogP contribution in [0.4, 0.5) is 0 Å². The number of thiol groups is 1. The van der Waals surface area contributed by atoms with Crippen molar-refractivity contribution in [1.82, 2.24) is 5.32 Å². The van der Waals surface area contributed by atoms with Gasteiger partial charge in [-0.2, -0.15) is 0 Å². The van der Waals surface area contributed by atoms with Gasteiger partial charge in [-0.25, -0.2) is 0 Å². The Bertz CT molecular complexity index is 364. The summed E-state index contributed by atoms with van der Waals surface area (Å²) >= 11 is 4.19. The molecule has 1 rings (SSSR count). The number of carbonyl (C=O) groups is 1. The van der Waals surface area contributed by atoms with E-state index in [2.05, 4.69) is 17.9 Å². The quantitative estimate of drug-likeness (QED) is 0.699. The maximum Gasteiger partial charge on any atom is 0.224 e. The summed E-state index contributed by atoms with van der Waals surface area (Å²) in [5.41, 5.74) is 0.962. The predicted molar refractivity (Wildman–Crippen MR) is 71.3 cm³/mol. The van der Waals surface area contributed by atoms with Crippen LogP contribution in [0.3, 0.4) is 0 Å². The van der Waals surface area contributed by atoms with E-state index in [4.69, 9.17) is 5.11 Å². The molecule has 0 spiro atoms. The summed E-state index contributed by atoms with van der Waals surface area (Å²) in [6.45, 7) is 3.88. The molecule has 0 saturated carbocycles. The van der Waals surface area contributed by atoms with Crippen LogP contribution in [0, 0.1) is 5.92 Å². The molecule has 1 amide bonds. The molecule has 0 aliphatic heterocycles. The number of nitrogens with one attached hydrogen (secondary N) is 1. The third kappa shape index (κ3) is 4.79. The molecule has 0 bridgehead atoms. The second-order valence-corrected chi connectivity index (χ2v) is 4.88. The lowest BCUT2D eigenvalue weighted by Crippen LogP contribution is -2.39. The number of aliphatic hydroxyl groups excluding tert-OH is 1. The average Bonchev–Trinajstić information content (AvgIpc) is 2.30. The summed E-state index contributed by atoms with van der Waals surface area (Å²) in [6.07, 6.45) is 0.358. The SMILES string of the molecule is CC(CO)C(C)NC(=O)Cc1ccc(S)cc1. The third-order valence-corrected chi connectivity index (χ3v) is 3.13. The van der Waals surface area contributed by atoms with Gasteiger partial charge in [-0.15, -0.1) is 12.6 Å². The maximum atomic E-state index is 11.7. The van der Waals surface area contributed by atoms with Crippen LogP contribution in [0.5, 0.6) is 0 Å². The molecule has 0 heterocycles. The highest BCUT2D eigenvalue weighted by Crippen LogP contribution is 2.08. The van der Waals surface area contributed by atoms with Gasteiger partial charge in [0.05, 0.1) is 6.42 Å². The van der Waals surface area contributed by atoms with Crippen LogP contribution in [-0.2, 0) is 11.2 Å². The summed E-state index contributed by atoms with van der Waals surface area (Å²) in [5.74, 6) is 0.0449. The molecule has 0 saturated heterocycles. The van der Waals surface area contributed by atoms with E-state index in [0.29, 0.717) is 6.42 Å². The standard InChI is InChI=1S/C13H19NO2S/c1-9(8-15)10(2)14-13(16)7-11-3-5-12(17)6-4-11/h3-6,9-10,15,17H,7-8H2,1-2H3,(H,14,16). The highest BCUT2D eigenvalue weighted by atomic mass is 32.1. The number of aliphatic hydroxyl groups is 1. The molecule has 2 N–H and O–H groups in total. The zero-order valence-corrected chi connectivity index (χ0v) is 11.1. The molecule has 1 aromatic rings. The largest absolute Gasteiger partial charge is 0.396 e. The van der Waals surface area contributed by atoms with Gasteiger partial charge in [0.2, 0.25) is 5.91 Å². The van der Waals surface area contributed by atoms with Gasteiger partial charge >= 0.3 is 0 Å². The van der Waals surface area contributed by atoms with E-state index < -0.39 is 0 Å². The predicted octanol–water partition coefficient (Wildman–Crippen LogP) is 1.65. The number of amides is 1. The van der Waals surface area contributed by atoms with E-state index in [-0.39, 0.29) is 24.5 Å². The third-order valence-electron chi connectivity index (χ3n) is 2.83. The zero-order valence-electron chi connectivity index (χ0n) is 10.2. The van der Waals surface area contributed by atoms with Crippen molar-refractivity contribution >= 4 is 18.5 Å². The Morgan fingerprint density at radius 2 is 1.94 bits per heavy atom. The van der Waals surface area contributed by atoms with Gasteiger partial charge in [-0.05, 0) is 30.5 Å². The molecule has 3 nitrogen and oxygen atoms in total. The molecule has 0 aromatic heterocycles. The van der Waals surface area contributed by atoms with Gasteiger partial charge in [-0.3, -0.25) is 4.79 Å².